The molecule has 0 amide bonds. The van der Waals surface area contributed by atoms with Gasteiger partial charge in [0.1, 0.15) is 0 Å². The Kier molecular flexibility index (Phi) is 4.80. The first kappa shape index (κ1) is 12.2. The van der Waals surface area contributed by atoms with Gasteiger partial charge in [0, 0.05) is 16.6 Å². The number of hydrogen-bond acceptors (Lipinski definition) is 2. The molecule has 1 rings (SSSR count). The maximum absolute atomic E-state index is 8.58. The normalized spacial score (nSPS) is 14.3. The molecule has 1 N–H and O–H groups in total. The fraction of sp³-hybridized carbons (Fsp3) is 0.417. The van der Waals surface area contributed by atoms with E-state index in [9.17, 15) is 0 Å². The molecule has 2 atom stereocenters. The molecule has 0 aliphatic rings. The predicted octanol–water partition coefficient (Wildman–Crippen LogP) is 3.40. The molecule has 1 unspecified atom stereocenters. The van der Waals surface area contributed by atoms with Crippen LogP contribution in [0.5, 0.6) is 0 Å². The summed E-state index contributed by atoms with van der Waals surface area (Å²) in [6.45, 7) is 4.13. The first-order valence-electron chi connectivity index (χ1n) is 5.02. The Morgan fingerprint density at radius 1 is 1.40 bits per heavy atom. The molecule has 80 valence electrons. The van der Waals surface area contributed by atoms with Gasteiger partial charge in [0.05, 0.1) is 12.5 Å². The summed E-state index contributed by atoms with van der Waals surface area (Å²) >= 11 is 3.52. The van der Waals surface area contributed by atoms with Crippen molar-refractivity contribution in [2.75, 3.05) is 0 Å². The van der Waals surface area contributed by atoms with Crippen molar-refractivity contribution >= 4 is 15.9 Å². The van der Waals surface area contributed by atoms with E-state index in [-0.39, 0.29) is 12.1 Å². The molecule has 0 saturated heterocycles. The molecule has 0 saturated carbocycles. The topological polar surface area (TPSA) is 35.8 Å². The number of benzene rings is 1. The first-order chi connectivity index (χ1) is 7.15. The molecule has 2 nitrogen and oxygen atoms in total. The monoisotopic (exact) mass is 266 g/mol. The van der Waals surface area contributed by atoms with Crippen LogP contribution in [0.2, 0.25) is 0 Å². The lowest BCUT2D eigenvalue weighted by Gasteiger charge is -2.19. The average Bonchev–Trinajstić information content (AvgIpc) is 2.18. The average molecular weight is 267 g/mol. The molecule has 0 spiro atoms. The van der Waals surface area contributed by atoms with Crippen molar-refractivity contribution in [2.45, 2.75) is 32.4 Å². The minimum Gasteiger partial charge on any atom is -0.307 e. The Morgan fingerprint density at radius 3 is 2.67 bits per heavy atom. The van der Waals surface area contributed by atoms with E-state index in [4.69, 9.17) is 5.26 Å². The molecule has 0 aliphatic carbocycles. The summed E-state index contributed by atoms with van der Waals surface area (Å²) in [6, 6.07) is 10.8. The van der Waals surface area contributed by atoms with Gasteiger partial charge in [0.2, 0.25) is 0 Å². The molecule has 0 fully saturated rings. The zero-order chi connectivity index (χ0) is 11.3. The summed E-state index contributed by atoms with van der Waals surface area (Å²) < 4.78 is 1.11. The molecular weight excluding hydrogens is 252 g/mol. The Hall–Kier alpha value is -0.850. The number of nitrogens with one attached hydrogen (secondary N) is 1. The molecule has 15 heavy (non-hydrogen) atoms. The van der Waals surface area contributed by atoms with Gasteiger partial charge >= 0.3 is 0 Å². The van der Waals surface area contributed by atoms with Gasteiger partial charge in [-0.05, 0) is 25.5 Å². The van der Waals surface area contributed by atoms with Crippen LogP contribution in [0.25, 0.3) is 0 Å². The van der Waals surface area contributed by atoms with Crippen molar-refractivity contribution in [3.8, 4) is 6.07 Å². The maximum atomic E-state index is 8.58. The molecule has 3 heteroatoms. The molecule has 1 aromatic rings. The summed E-state index contributed by atoms with van der Waals surface area (Å²) in [5, 5.41) is 12.0. The van der Waals surface area contributed by atoms with Crippen LogP contribution in [-0.4, -0.2) is 6.04 Å². The van der Waals surface area contributed by atoms with E-state index in [0.29, 0.717) is 6.42 Å². The Balaban J connectivity index is 2.66. The third-order valence-corrected chi connectivity index (χ3v) is 3.03. The Labute approximate surface area is 99.4 Å². The molecule has 1 aromatic carbocycles. The molecule has 0 radical (unpaired) electrons. The van der Waals surface area contributed by atoms with Gasteiger partial charge in [-0.2, -0.15) is 5.26 Å². The van der Waals surface area contributed by atoms with Crippen molar-refractivity contribution < 1.29 is 0 Å². The number of nitriles is 1. The first-order valence-corrected chi connectivity index (χ1v) is 5.82. The summed E-state index contributed by atoms with van der Waals surface area (Å²) in [7, 11) is 0. The van der Waals surface area contributed by atoms with Gasteiger partial charge in [-0.25, -0.2) is 0 Å². The molecular formula is C12H15BrN2. The van der Waals surface area contributed by atoms with Crippen molar-refractivity contribution in [1.82, 2.24) is 5.32 Å². The van der Waals surface area contributed by atoms with Gasteiger partial charge < -0.3 is 5.32 Å². The van der Waals surface area contributed by atoms with Gasteiger partial charge in [0.25, 0.3) is 0 Å². The van der Waals surface area contributed by atoms with Crippen molar-refractivity contribution in [3.05, 3.63) is 34.3 Å². The van der Waals surface area contributed by atoms with Crippen LogP contribution in [0.3, 0.4) is 0 Å². The van der Waals surface area contributed by atoms with E-state index < -0.39 is 0 Å². The standard InChI is InChI=1S/C12H15BrN2/c1-9(7-8-14)15-10(2)11-5-3-4-6-12(11)13/h3-6,9-10,15H,7H2,1-2H3/t9?,10-/m0/s1. The molecule has 0 aromatic heterocycles. The minimum atomic E-state index is 0.220. The third kappa shape index (κ3) is 3.65. The molecule has 0 heterocycles. The van der Waals surface area contributed by atoms with E-state index in [2.05, 4.69) is 40.3 Å². The highest BCUT2D eigenvalue weighted by Gasteiger charge is 2.11. The van der Waals surface area contributed by atoms with E-state index in [1.165, 1.54) is 5.56 Å². The van der Waals surface area contributed by atoms with Crippen molar-refractivity contribution in [2.24, 2.45) is 0 Å². The van der Waals surface area contributed by atoms with Crippen LogP contribution in [0.4, 0.5) is 0 Å². The highest BCUT2D eigenvalue weighted by atomic mass is 79.9. The van der Waals surface area contributed by atoms with Gasteiger partial charge in [-0.3, -0.25) is 0 Å². The van der Waals surface area contributed by atoms with Crippen LogP contribution >= 0.6 is 15.9 Å². The number of nitrogens with zero attached hydrogens (tertiary/aromatic N) is 1. The van der Waals surface area contributed by atoms with Gasteiger partial charge in [0.15, 0.2) is 0 Å². The summed E-state index contributed by atoms with van der Waals surface area (Å²) in [4.78, 5) is 0. The maximum Gasteiger partial charge on any atom is 0.0638 e. The second-order valence-corrected chi connectivity index (χ2v) is 4.53. The highest BCUT2D eigenvalue weighted by Crippen LogP contribution is 2.23. The largest absolute Gasteiger partial charge is 0.307 e. The van der Waals surface area contributed by atoms with Crippen LogP contribution < -0.4 is 5.32 Å². The van der Waals surface area contributed by atoms with E-state index >= 15 is 0 Å². The predicted molar refractivity (Wildman–Crippen MR) is 65.4 cm³/mol. The number of hydrogen-bond donors (Lipinski definition) is 1. The second-order valence-electron chi connectivity index (χ2n) is 3.67. The van der Waals surface area contributed by atoms with E-state index in [1.807, 2.05) is 25.1 Å². The summed E-state index contributed by atoms with van der Waals surface area (Å²) in [5.74, 6) is 0. The van der Waals surface area contributed by atoms with Crippen LogP contribution in [-0.2, 0) is 0 Å². The summed E-state index contributed by atoms with van der Waals surface area (Å²) in [5.41, 5.74) is 1.22. The second kappa shape index (κ2) is 5.89. The number of halogens is 1. The van der Waals surface area contributed by atoms with Crippen LogP contribution in [0.15, 0.2) is 28.7 Å². The summed E-state index contributed by atoms with van der Waals surface area (Å²) in [6.07, 6.45) is 0.537. The Morgan fingerprint density at radius 2 is 2.07 bits per heavy atom. The van der Waals surface area contributed by atoms with Crippen molar-refractivity contribution in [3.63, 3.8) is 0 Å². The van der Waals surface area contributed by atoms with Gasteiger partial charge in [-0.15, -0.1) is 0 Å². The smallest absolute Gasteiger partial charge is 0.0638 e. The minimum absolute atomic E-state index is 0.220. The van der Waals surface area contributed by atoms with Crippen LogP contribution in [0, 0.1) is 11.3 Å². The SMILES string of the molecule is CC(CC#N)N[C@@H](C)c1ccccc1Br. The lowest BCUT2D eigenvalue weighted by molar-refractivity contribution is 0.484. The number of rotatable bonds is 4. The quantitative estimate of drug-likeness (QED) is 0.907. The van der Waals surface area contributed by atoms with E-state index in [0.717, 1.165) is 4.47 Å². The lowest BCUT2D eigenvalue weighted by Crippen LogP contribution is -2.28. The van der Waals surface area contributed by atoms with Gasteiger partial charge in [-0.1, -0.05) is 34.1 Å². The lowest BCUT2D eigenvalue weighted by atomic mass is 10.1. The fourth-order valence-electron chi connectivity index (χ4n) is 1.54. The van der Waals surface area contributed by atoms with Crippen molar-refractivity contribution in [1.29, 1.82) is 5.26 Å². The fourth-order valence-corrected chi connectivity index (χ4v) is 2.17. The van der Waals surface area contributed by atoms with E-state index in [1.54, 1.807) is 0 Å². The molecule has 0 bridgehead atoms. The zero-order valence-corrected chi connectivity index (χ0v) is 10.6. The molecule has 0 aliphatic heterocycles. The van der Waals surface area contributed by atoms with Crippen LogP contribution in [0.1, 0.15) is 31.9 Å². The third-order valence-electron chi connectivity index (χ3n) is 2.30. The zero-order valence-electron chi connectivity index (χ0n) is 9.00. The Bertz CT molecular complexity index is 357. The highest BCUT2D eigenvalue weighted by molar-refractivity contribution is 9.10.